The SMILES string of the molecule is CC(NS(=O)(=O)c1ccc(C#N)cc1Cl)C1CC1. The first-order valence-electron chi connectivity index (χ1n) is 5.66. The van der Waals surface area contributed by atoms with Gasteiger partial charge in [0.2, 0.25) is 10.0 Å². The molecule has 96 valence electrons. The van der Waals surface area contributed by atoms with E-state index in [0.717, 1.165) is 12.8 Å². The van der Waals surface area contributed by atoms with Gasteiger partial charge in [-0.05, 0) is 43.9 Å². The van der Waals surface area contributed by atoms with E-state index >= 15 is 0 Å². The highest BCUT2D eigenvalue weighted by Crippen LogP contribution is 2.33. The molecular weight excluding hydrogens is 272 g/mol. The van der Waals surface area contributed by atoms with Gasteiger partial charge in [-0.1, -0.05) is 11.6 Å². The van der Waals surface area contributed by atoms with Gasteiger partial charge in [-0.3, -0.25) is 0 Å². The molecule has 1 aliphatic carbocycles. The second-order valence-electron chi connectivity index (χ2n) is 4.50. The van der Waals surface area contributed by atoms with Crippen LogP contribution in [-0.4, -0.2) is 14.5 Å². The summed E-state index contributed by atoms with van der Waals surface area (Å²) in [5, 5.41) is 8.78. The highest BCUT2D eigenvalue weighted by Gasteiger charge is 2.31. The van der Waals surface area contributed by atoms with Gasteiger partial charge in [0.25, 0.3) is 0 Å². The summed E-state index contributed by atoms with van der Waals surface area (Å²) in [4.78, 5) is 0.0238. The summed E-state index contributed by atoms with van der Waals surface area (Å²) in [6, 6.07) is 6.00. The third kappa shape index (κ3) is 2.83. The second-order valence-corrected chi connectivity index (χ2v) is 6.59. The number of halogens is 1. The fourth-order valence-corrected chi connectivity index (χ4v) is 3.65. The van der Waals surface area contributed by atoms with Crippen molar-refractivity contribution in [2.24, 2.45) is 5.92 Å². The van der Waals surface area contributed by atoms with Crippen molar-refractivity contribution in [1.82, 2.24) is 4.72 Å². The zero-order valence-electron chi connectivity index (χ0n) is 9.85. The lowest BCUT2D eigenvalue weighted by molar-refractivity contribution is 0.538. The topological polar surface area (TPSA) is 70.0 Å². The number of hydrogen-bond donors (Lipinski definition) is 1. The summed E-state index contributed by atoms with van der Waals surface area (Å²) in [5.74, 6) is 0.428. The minimum absolute atomic E-state index is 0.0238. The number of hydrogen-bond acceptors (Lipinski definition) is 3. The Balaban J connectivity index is 2.26. The monoisotopic (exact) mass is 284 g/mol. The number of nitrogens with zero attached hydrogens (tertiary/aromatic N) is 1. The Labute approximate surface area is 112 Å². The number of rotatable bonds is 4. The van der Waals surface area contributed by atoms with E-state index in [4.69, 9.17) is 16.9 Å². The van der Waals surface area contributed by atoms with Crippen LogP contribution in [0.4, 0.5) is 0 Å². The van der Waals surface area contributed by atoms with Crippen molar-refractivity contribution in [3.8, 4) is 6.07 Å². The first-order chi connectivity index (χ1) is 8.44. The van der Waals surface area contributed by atoms with Gasteiger partial charge in [-0.2, -0.15) is 5.26 Å². The van der Waals surface area contributed by atoms with Crippen LogP contribution in [0.25, 0.3) is 0 Å². The highest BCUT2D eigenvalue weighted by atomic mass is 35.5. The van der Waals surface area contributed by atoms with E-state index in [1.807, 2.05) is 13.0 Å². The molecule has 1 saturated carbocycles. The highest BCUT2D eigenvalue weighted by molar-refractivity contribution is 7.89. The molecule has 0 aliphatic heterocycles. The van der Waals surface area contributed by atoms with Gasteiger partial charge in [-0.25, -0.2) is 13.1 Å². The van der Waals surface area contributed by atoms with Crippen molar-refractivity contribution in [2.45, 2.75) is 30.7 Å². The molecule has 0 bridgehead atoms. The summed E-state index contributed by atoms with van der Waals surface area (Å²) in [6.45, 7) is 1.85. The van der Waals surface area contributed by atoms with Crippen LogP contribution in [0.15, 0.2) is 23.1 Å². The van der Waals surface area contributed by atoms with Crippen LogP contribution in [0.1, 0.15) is 25.3 Å². The first kappa shape index (κ1) is 13.3. The van der Waals surface area contributed by atoms with Crippen molar-refractivity contribution >= 4 is 21.6 Å². The van der Waals surface area contributed by atoms with Gasteiger partial charge in [-0.15, -0.1) is 0 Å². The number of nitriles is 1. The summed E-state index contributed by atoms with van der Waals surface area (Å²) < 4.78 is 26.9. The molecule has 4 nitrogen and oxygen atoms in total. The van der Waals surface area contributed by atoms with Crippen LogP contribution in [0.2, 0.25) is 5.02 Å². The standard InChI is InChI=1S/C12H13ClN2O2S/c1-8(10-3-4-10)15-18(16,17)12-5-2-9(7-14)6-11(12)13/h2,5-6,8,10,15H,3-4H2,1H3. The lowest BCUT2D eigenvalue weighted by atomic mass is 10.2. The lowest BCUT2D eigenvalue weighted by Gasteiger charge is -2.14. The zero-order valence-corrected chi connectivity index (χ0v) is 11.4. The largest absolute Gasteiger partial charge is 0.242 e. The van der Waals surface area contributed by atoms with Crippen LogP contribution in [0.3, 0.4) is 0 Å². The Kier molecular flexibility index (Phi) is 3.62. The molecule has 1 atom stereocenters. The molecule has 2 rings (SSSR count). The fraction of sp³-hybridized carbons (Fsp3) is 0.417. The number of nitrogens with one attached hydrogen (secondary N) is 1. The van der Waals surface area contributed by atoms with Crippen LogP contribution in [-0.2, 0) is 10.0 Å². The Bertz CT molecular complexity index is 603. The maximum Gasteiger partial charge on any atom is 0.242 e. The maximum atomic E-state index is 12.1. The minimum atomic E-state index is -3.61. The third-order valence-corrected chi connectivity index (χ3v) is 5.06. The van der Waals surface area contributed by atoms with Crippen molar-refractivity contribution in [3.05, 3.63) is 28.8 Å². The summed E-state index contributed by atoms with van der Waals surface area (Å²) in [5.41, 5.74) is 0.342. The predicted molar refractivity (Wildman–Crippen MR) is 68.7 cm³/mol. The van der Waals surface area contributed by atoms with E-state index in [1.165, 1.54) is 18.2 Å². The molecule has 1 fully saturated rings. The Hall–Kier alpha value is -1.09. The van der Waals surface area contributed by atoms with E-state index in [2.05, 4.69) is 4.72 Å². The molecule has 0 saturated heterocycles. The van der Waals surface area contributed by atoms with E-state index in [9.17, 15) is 8.42 Å². The third-order valence-electron chi connectivity index (χ3n) is 3.02. The summed E-state index contributed by atoms with van der Waals surface area (Å²) >= 11 is 5.90. The van der Waals surface area contributed by atoms with Gasteiger partial charge >= 0.3 is 0 Å². The normalized spacial score (nSPS) is 17.2. The number of sulfonamides is 1. The number of benzene rings is 1. The maximum absolute atomic E-state index is 12.1. The van der Waals surface area contributed by atoms with Crippen LogP contribution in [0.5, 0.6) is 0 Å². The lowest BCUT2D eigenvalue weighted by Crippen LogP contribution is -2.34. The van der Waals surface area contributed by atoms with E-state index in [1.54, 1.807) is 0 Å². The Morgan fingerprint density at radius 2 is 2.17 bits per heavy atom. The van der Waals surface area contributed by atoms with Gasteiger partial charge in [0.15, 0.2) is 0 Å². The van der Waals surface area contributed by atoms with E-state index < -0.39 is 10.0 Å². The molecule has 1 aliphatic rings. The molecule has 0 aromatic heterocycles. The average Bonchev–Trinajstić information content (AvgIpc) is 3.11. The smallest absolute Gasteiger partial charge is 0.208 e. The van der Waals surface area contributed by atoms with Crippen molar-refractivity contribution < 1.29 is 8.42 Å². The van der Waals surface area contributed by atoms with Gasteiger partial charge in [0.05, 0.1) is 16.7 Å². The molecular formula is C12H13ClN2O2S. The molecule has 0 radical (unpaired) electrons. The van der Waals surface area contributed by atoms with Crippen molar-refractivity contribution in [1.29, 1.82) is 5.26 Å². The predicted octanol–water partition coefficient (Wildman–Crippen LogP) is 2.29. The summed E-state index contributed by atoms with van der Waals surface area (Å²) in [6.07, 6.45) is 2.12. The molecule has 1 aromatic rings. The van der Waals surface area contributed by atoms with Gasteiger partial charge in [0.1, 0.15) is 4.90 Å². The molecule has 6 heteroatoms. The van der Waals surface area contributed by atoms with Crippen molar-refractivity contribution in [3.63, 3.8) is 0 Å². The second kappa shape index (κ2) is 4.88. The summed E-state index contributed by atoms with van der Waals surface area (Å²) in [7, 11) is -3.61. The van der Waals surface area contributed by atoms with E-state index in [0.29, 0.717) is 11.5 Å². The minimum Gasteiger partial charge on any atom is -0.208 e. The fourth-order valence-electron chi connectivity index (χ4n) is 1.79. The molecule has 1 unspecified atom stereocenters. The van der Waals surface area contributed by atoms with Gasteiger partial charge < -0.3 is 0 Å². The van der Waals surface area contributed by atoms with E-state index in [-0.39, 0.29) is 16.0 Å². The van der Waals surface area contributed by atoms with Crippen molar-refractivity contribution in [2.75, 3.05) is 0 Å². The Morgan fingerprint density at radius 3 is 2.67 bits per heavy atom. The molecule has 1 aromatic carbocycles. The molecule has 0 heterocycles. The van der Waals surface area contributed by atoms with Crippen LogP contribution >= 0.6 is 11.6 Å². The zero-order chi connectivity index (χ0) is 13.3. The van der Waals surface area contributed by atoms with Crippen LogP contribution < -0.4 is 4.72 Å². The quantitative estimate of drug-likeness (QED) is 0.922. The molecule has 0 spiro atoms. The first-order valence-corrected chi connectivity index (χ1v) is 7.52. The molecule has 1 N–H and O–H groups in total. The molecule has 0 amide bonds. The average molecular weight is 285 g/mol. The molecule has 18 heavy (non-hydrogen) atoms. The Morgan fingerprint density at radius 1 is 1.50 bits per heavy atom. The van der Waals surface area contributed by atoms with Gasteiger partial charge in [0, 0.05) is 6.04 Å². The van der Waals surface area contributed by atoms with Crippen LogP contribution in [0, 0.1) is 17.2 Å².